The van der Waals surface area contributed by atoms with Crippen molar-refractivity contribution in [3.63, 3.8) is 0 Å². The Hall–Kier alpha value is -4.42. The summed E-state index contributed by atoms with van der Waals surface area (Å²) in [6.45, 7) is 4.85. The van der Waals surface area contributed by atoms with Gasteiger partial charge in [0, 0.05) is 68.9 Å². The second-order valence-corrected chi connectivity index (χ2v) is 8.76. The highest BCUT2D eigenvalue weighted by molar-refractivity contribution is 5.88. The fourth-order valence-electron chi connectivity index (χ4n) is 3.69. The molecule has 12 nitrogen and oxygen atoms in total. The molecule has 0 atom stereocenters. The van der Waals surface area contributed by atoms with Crippen LogP contribution in [0, 0.1) is 5.82 Å². The summed E-state index contributed by atoms with van der Waals surface area (Å²) in [7, 11) is 0. The van der Waals surface area contributed by atoms with Crippen LogP contribution in [0.15, 0.2) is 52.8 Å². The first kappa shape index (κ1) is 25.7. The summed E-state index contributed by atoms with van der Waals surface area (Å²) in [5, 5.41) is 4.21. The first-order valence-corrected chi connectivity index (χ1v) is 11.5. The number of amides is 1. The van der Waals surface area contributed by atoms with Crippen molar-refractivity contribution in [3.8, 4) is 11.1 Å². The lowest BCUT2D eigenvalue weighted by molar-refractivity contribution is -0.121. The molecular formula is C24H28FN7O5. The highest BCUT2D eigenvalue weighted by Crippen LogP contribution is 2.26. The molecule has 37 heavy (non-hydrogen) atoms. The summed E-state index contributed by atoms with van der Waals surface area (Å²) in [6.07, 6.45) is 5.04. The number of halogens is 1. The third-order valence-electron chi connectivity index (χ3n) is 5.47. The smallest absolute Gasteiger partial charge is 0.437 e. The van der Waals surface area contributed by atoms with Gasteiger partial charge in [0.1, 0.15) is 18.7 Å². The predicted octanol–water partition coefficient (Wildman–Crippen LogP) is 2.79. The van der Waals surface area contributed by atoms with Crippen LogP contribution in [0.5, 0.6) is 0 Å². The second-order valence-electron chi connectivity index (χ2n) is 8.76. The number of ether oxygens (including phenoxy) is 3. The molecule has 3 heterocycles. The van der Waals surface area contributed by atoms with Crippen LogP contribution < -0.4 is 16.4 Å². The van der Waals surface area contributed by atoms with Crippen LogP contribution >= 0.6 is 0 Å². The predicted molar refractivity (Wildman–Crippen MR) is 133 cm³/mol. The quantitative estimate of drug-likeness (QED) is 0.320. The van der Waals surface area contributed by atoms with E-state index in [4.69, 9.17) is 30.5 Å². The molecule has 1 fully saturated rings. The van der Waals surface area contributed by atoms with Crippen LogP contribution in [-0.4, -0.2) is 53.2 Å². The molecule has 0 radical (unpaired) electrons. The zero-order chi connectivity index (χ0) is 26.4. The number of piperidine rings is 1. The molecule has 4 N–H and O–H groups in total. The number of nitrogens with two attached hydrogens (primary N) is 2. The van der Waals surface area contributed by atoms with Gasteiger partial charge in [-0.3, -0.25) is 0 Å². The molecule has 196 valence electrons. The number of nitrogens with zero attached hydrogens (tertiary/aromatic N) is 5. The Bertz CT molecular complexity index is 1220. The van der Waals surface area contributed by atoms with Gasteiger partial charge in [-0.25, -0.2) is 19.2 Å². The lowest BCUT2D eigenvalue weighted by atomic mass is 10.1. The average Bonchev–Trinajstić information content (AvgIpc) is 3.22. The van der Waals surface area contributed by atoms with Gasteiger partial charge in [0.2, 0.25) is 11.7 Å². The van der Waals surface area contributed by atoms with Gasteiger partial charge < -0.3 is 35.4 Å². The topological polar surface area (TPSA) is 160 Å². The van der Waals surface area contributed by atoms with E-state index in [0.29, 0.717) is 43.2 Å². The maximum atomic E-state index is 15.0. The Balaban J connectivity index is 1.31. The Labute approximate surface area is 212 Å². The van der Waals surface area contributed by atoms with Crippen molar-refractivity contribution in [2.45, 2.75) is 39.1 Å². The largest absolute Gasteiger partial charge is 0.457 e. The zero-order valence-electron chi connectivity index (χ0n) is 20.5. The number of aliphatic imine (C=N–C) groups is 1. The zero-order valence-corrected chi connectivity index (χ0v) is 20.5. The van der Waals surface area contributed by atoms with Gasteiger partial charge in [-0.15, -0.1) is 4.99 Å². The number of hydrogen-bond acceptors (Lipinski definition) is 9. The Morgan fingerprint density at radius 2 is 1.92 bits per heavy atom. The summed E-state index contributed by atoms with van der Waals surface area (Å²) in [4.78, 5) is 31.0. The maximum absolute atomic E-state index is 15.0. The standard InChI is InChI=1S/C24H28FN7O5/c1-24(2)35-13-18(37-24)14-36-31-17-6-8-32(9-7-17)22-28-10-16(11-29-22)19-5-3-4-15(20(19)25)12-34-23(33)30-21(26)27/h3-5,10-11,13H,6-9,12,14H2,1-2H3,(H4,26,27,30,33). The van der Waals surface area contributed by atoms with Crippen LogP contribution in [0.3, 0.4) is 0 Å². The van der Waals surface area contributed by atoms with E-state index >= 15 is 4.39 Å². The van der Waals surface area contributed by atoms with Crippen LogP contribution in [0.25, 0.3) is 11.1 Å². The van der Waals surface area contributed by atoms with Crippen molar-refractivity contribution >= 4 is 23.7 Å². The molecule has 1 amide bonds. The Morgan fingerprint density at radius 1 is 1.19 bits per heavy atom. The average molecular weight is 514 g/mol. The van der Waals surface area contributed by atoms with Gasteiger partial charge in [-0.2, -0.15) is 0 Å². The second kappa shape index (κ2) is 11.1. The number of anilines is 1. The van der Waals surface area contributed by atoms with Crippen molar-refractivity contribution in [2.75, 3.05) is 24.6 Å². The first-order chi connectivity index (χ1) is 17.7. The van der Waals surface area contributed by atoms with Crippen molar-refractivity contribution in [2.24, 2.45) is 21.6 Å². The SMILES string of the molecule is CC1(C)OC=C(CON=C2CCN(c3ncc(-c4cccc(COC(=O)N=C(N)N)c4F)cn3)CC2)O1. The molecular weight excluding hydrogens is 485 g/mol. The molecule has 2 aliphatic rings. The maximum Gasteiger partial charge on any atom is 0.437 e. The number of benzene rings is 1. The van der Waals surface area contributed by atoms with E-state index in [9.17, 15) is 4.79 Å². The van der Waals surface area contributed by atoms with E-state index in [1.165, 1.54) is 12.3 Å². The Kier molecular flexibility index (Phi) is 7.70. The minimum atomic E-state index is -1.00. The number of hydrogen-bond donors (Lipinski definition) is 2. The van der Waals surface area contributed by atoms with Gasteiger partial charge in [-0.1, -0.05) is 23.4 Å². The molecule has 0 saturated carbocycles. The first-order valence-electron chi connectivity index (χ1n) is 11.5. The summed E-state index contributed by atoms with van der Waals surface area (Å²) in [6, 6.07) is 4.74. The molecule has 0 unspecified atom stereocenters. The van der Waals surface area contributed by atoms with Gasteiger partial charge in [0.05, 0.1) is 5.71 Å². The van der Waals surface area contributed by atoms with Crippen LogP contribution in [0.1, 0.15) is 32.3 Å². The molecule has 1 aromatic heterocycles. The normalized spacial score (nSPS) is 16.2. The van der Waals surface area contributed by atoms with E-state index in [1.807, 2.05) is 18.7 Å². The molecule has 13 heteroatoms. The summed E-state index contributed by atoms with van der Waals surface area (Å²) >= 11 is 0. The number of aromatic nitrogens is 2. The number of carbonyl (C=O) groups is 1. The number of rotatable bonds is 7. The van der Waals surface area contributed by atoms with Gasteiger partial charge in [-0.05, 0) is 0 Å². The molecule has 2 aliphatic heterocycles. The highest BCUT2D eigenvalue weighted by atomic mass is 19.1. The molecule has 4 rings (SSSR count). The monoisotopic (exact) mass is 513 g/mol. The van der Waals surface area contributed by atoms with E-state index in [-0.39, 0.29) is 24.3 Å². The molecule has 0 aliphatic carbocycles. The van der Waals surface area contributed by atoms with Crippen molar-refractivity contribution in [3.05, 3.63) is 54.0 Å². The lowest BCUT2D eigenvalue weighted by Gasteiger charge is -2.27. The molecule has 1 aromatic carbocycles. The van der Waals surface area contributed by atoms with Crippen LogP contribution in [0.4, 0.5) is 15.1 Å². The Morgan fingerprint density at radius 3 is 2.57 bits per heavy atom. The van der Waals surface area contributed by atoms with E-state index < -0.39 is 23.7 Å². The van der Waals surface area contributed by atoms with Crippen molar-refractivity contribution in [1.82, 2.24) is 9.97 Å². The molecule has 0 spiro atoms. The third kappa shape index (κ3) is 6.84. The van der Waals surface area contributed by atoms with Gasteiger partial charge >= 0.3 is 6.09 Å². The molecule has 0 bridgehead atoms. The number of guanidine groups is 1. The minimum Gasteiger partial charge on any atom is -0.457 e. The van der Waals surface area contributed by atoms with E-state index in [0.717, 1.165) is 5.71 Å². The highest BCUT2D eigenvalue weighted by Gasteiger charge is 2.28. The molecule has 1 saturated heterocycles. The fourth-order valence-corrected chi connectivity index (χ4v) is 3.69. The molecule has 2 aromatic rings. The van der Waals surface area contributed by atoms with E-state index in [1.54, 1.807) is 24.5 Å². The summed E-state index contributed by atoms with van der Waals surface area (Å²) in [5.41, 5.74) is 12.1. The van der Waals surface area contributed by atoms with Gasteiger partial charge in [0.15, 0.2) is 18.3 Å². The van der Waals surface area contributed by atoms with Crippen molar-refractivity contribution in [1.29, 1.82) is 0 Å². The summed E-state index contributed by atoms with van der Waals surface area (Å²) in [5.74, 6) is -0.534. The van der Waals surface area contributed by atoms with E-state index in [2.05, 4.69) is 20.1 Å². The van der Waals surface area contributed by atoms with Crippen LogP contribution in [-0.2, 0) is 25.7 Å². The van der Waals surface area contributed by atoms with Gasteiger partial charge in [0.25, 0.3) is 0 Å². The lowest BCUT2D eigenvalue weighted by Crippen LogP contribution is -2.35. The fraction of sp³-hybridized carbons (Fsp3) is 0.375. The number of oxime groups is 1. The minimum absolute atomic E-state index is 0.165. The number of carbonyl (C=O) groups excluding carboxylic acids is 1. The van der Waals surface area contributed by atoms with Crippen molar-refractivity contribution < 1.29 is 28.2 Å². The summed E-state index contributed by atoms with van der Waals surface area (Å²) < 4.78 is 30.8. The van der Waals surface area contributed by atoms with Crippen LogP contribution in [0.2, 0.25) is 0 Å². The third-order valence-corrected chi connectivity index (χ3v) is 5.47.